The summed E-state index contributed by atoms with van der Waals surface area (Å²) < 4.78 is 13.3. The molecule has 0 spiro atoms. The van der Waals surface area contributed by atoms with Crippen LogP contribution in [0.25, 0.3) is 0 Å². The summed E-state index contributed by atoms with van der Waals surface area (Å²) in [7, 11) is 0. The number of hydrogen-bond donors (Lipinski definition) is 2. The van der Waals surface area contributed by atoms with Crippen molar-refractivity contribution in [3.05, 3.63) is 29.0 Å². The summed E-state index contributed by atoms with van der Waals surface area (Å²) in [6, 6.07) is 3.25. The average Bonchev–Trinajstić information content (AvgIpc) is 2.84. The van der Waals surface area contributed by atoms with Gasteiger partial charge in [0.05, 0.1) is 10.7 Å². The quantitative estimate of drug-likeness (QED) is 0.604. The van der Waals surface area contributed by atoms with Crippen LogP contribution in [0.5, 0.6) is 0 Å². The Morgan fingerprint density at radius 2 is 2.00 bits per heavy atom. The fourth-order valence-corrected chi connectivity index (χ4v) is 4.75. The molecule has 2 aliphatic rings. The van der Waals surface area contributed by atoms with Gasteiger partial charge in [-0.1, -0.05) is 32.4 Å². The molecule has 1 aromatic carbocycles. The second-order valence-corrected chi connectivity index (χ2v) is 8.13. The molecule has 0 aromatic heterocycles. The third-order valence-corrected chi connectivity index (χ3v) is 6.68. The predicted molar refractivity (Wildman–Crippen MR) is 93.2 cm³/mol. The lowest BCUT2D eigenvalue weighted by Crippen LogP contribution is -2.51. The number of hydrazine groups is 1. The zero-order chi connectivity index (χ0) is 19.4. The number of nitrogens with one attached hydrogen (secondary N) is 1. The maximum atomic E-state index is 13.3. The zero-order valence-electron chi connectivity index (χ0n) is 14.7. The standard InChI is InChI=1S/C18H20ClFN2O4/c1-17(2)10-6-7-18(17,3)14(23)13(10)15(24)22(21-16(25)26)12-5-4-9(20)8-11(12)19/h4-5,8,10,13,21H,6-7H2,1-3H3,(H,25,26)/t10-,13?,18+/m1/s1. The molecule has 2 amide bonds. The molecular weight excluding hydrogens is 363 g/mol. The van der Waals surface area contributed by atoms with E-state index in [2.05, 4.69) is 0 Å². The number of anilines is 1. The van der Waals surface area contributed by atoms with Crippen LogP contribution in [-0.4, -0.2) is 22.9 Å². The fraction of sp³-hybridized carbons (Fsp3) is 0.500. The second kappa shape index (κ2) is 5.94. The molecule has 8 heteroatoms. The number of carbonyl (C=O) groups is 3. The first kappa shape index (κ1) is 18.6. The molecular formula is C18H20ClFN2O4. The maximum Gasteiger partial charge on any atom is 0.424 e. The smallest absolute Gasteiger partial charge is 0.424 e. The van der Waals surface area contributed by atoms with Gasteiger partial charge in [-0.25, -0.2) is 19.6 Å². The topological polar surface area (TPSA) is 86.7 Å². The Kier molecular flexibility index (Phi) is 4.26. The van der Waals surface area contributed by atoms with Gasteiger partial charge in [-0.05, 0) is 42.4 Å². The van der Waals surface area contributed by atoms with Crippen LogP contribution >= 0.6 is 11.6 Å². The molecule has 140 valence electrons. The van der Waals surface area contributed by atoms with E-state index in [1.54, 1.807) is 0 Å². The molecule has 2 fully saturated rings. The van der Waals surface area contributed by atoms with Crippen molar-refractivity contribution in [3.8, 4) is 0 Å². The second-order valence-electron chi connectivity index (χ2n) is 7.73. The van der Waals surface area contributed by atoms with Crippen LogP contribution in [0.2, 0.25) is 5.02 Å². The van der Waals surface area contributed by atoms with Crippen LogP contribution in [0.3, 0.4) is 0 Å². The van der Waals surface area contributed by atoms with E-state index in [4.69, 9.17) is 16.7 Å². The number of carbonyl (C=O) groups excluding carboxylic acids is 2. The molecule has 1 unspecified atom stereocenters. The van der Waals surface area contributed by atoms with Gasteiger partial charge in [0.2, 0.25) is 0 Å². The summed E-state index contributed by atoms with van der Waals surface area (Å²) in [5.41, 5.74) is 0.985. The van der Waals surface area contributed by atoms with Crippen molar-refractivity contribution >= 4 is 35.1 Å². The Morgan fingerprint density at radius 1 is 1.35 bits per heavy atom. The molecule has 26 heavy (non-hydrogen) atoms. The van der Waals surface area contributed by atoms with Crippen LogP contribution in [0, 0.1) is 28.5 Å². The van der Waals surface area contributed by atoms with Gasteiger partial charge in [-0.2, -0.15) is 0 Å². The highest BCUT2D eigenvalue weighted by atomic mass is 35.5. The van der Waals surface area contributed by atoms with Crippen LogP contribution < -0.4 is 10.4 Å². The van der Waals surface area contributed by atoms with Crippen LogP contribution in [-0.2, 0) is 9.59 Å². The summed E-state index contributed by atoms with van der Waals surface area (Å²) in [4.78, 5) is 37.4. The number of hydrogen-bond acceptors (Lipinski definition) is 3. The molecule has 6 nitrogen and oxygen atoms in total. The molecule has 0 aliphatic heterocycles. The van der Waals surface area contributed by atoms with Crippen molar-refractivity contribution in [2.75, 3.05) is 5.01 Å². The molecule has 1 aromatic rings. The molecule has 0 saturated heterocycles. The minimum absolute atomic E-state index is 0.0148. The van der Waals surface area contributed by atoms with Crippen LogP contribution in [0.1, 0.15) is 33.6 Å². The summed E-state index contributed by atoms with van der Waals surface area (Å²) in [5.74, 6) is -2.64. The van der Waals surface area contributed by atoms with Crippen LogP contribution in [0.15, 0.2) is 18.2 Å². The Morgan fingerprint density at radius 3 is 2.50 bits per heavy atom. The lowest BCUT2D eigenvalue weighted by molar-refractivity contribution is -0.138. The van der Waals surface area contributed by atoms with Gasteiger partial charge in [0.15, 0.2) is 5.78 Å². The predicted octanol–water partition coefficient (Wildman–Crippen LogP) is 3.64. The van der Waals surface area contributed by atoms with Gasteiger partial charge >= 0.3 is 6.09 Å². The summed E-state index contributed by atoms with van der Waals surface area (Å²) >= 11 is 6.01. The highest BCUT2D eigenvalue weighted by Gasteiger charge is 2.68. The lowest BCUT2D eigenvalue weighted by Gasteiger charge is -2.32. The number of rotatable bonds is 2. The van der Waals surface area contributed by atoms with E-state index in [1.807, 2.05) is 26.2 Å². The van der Waals surface area contributed by atoms with E-state index in [9.17, 15) is 18.8 Å². The third-order valence-electron chi connectivity index (χ3n) is 6.38. The summed E-state index contributed by atoms with van der Waals surface area (Å²) in [5, 5.41) is 9.74. The number of nitrogens with zero attached hydrogens (tertiary/aromatic N) is 1. The van der Waals surface area contributed by atoms with E-state index in [0.717, 1.165) is 17.1 Å². The first-order valence-corrected chi connectivity index (χ1v) is 8.71. The lowest BCUT2D eigenvalue weighted by atomic mass is 9.70. The number of halogens is 2. The molecule has 2 N–H and O–H groups in total. The molecule has 0 heterocycles. The van der Waals surface area contributed by atoms with Crippen molar-refractivity contribution < 1.29 is 23.9 Å². The van der Waals surface area contributed by atoms with E-state index in [-0.39, 0.29) is 27.8 Å². The number of amides is 2. The van der Waals surface area contributed by atoms with Crippen molar-refractivity contribution in [2.45, 2.75) is 33.6 Å². The molecule has 0 radical (unpaired) electrons. The van der Waals surface area contributed by atoms with E-state index < -0.39 is 29.2 Å². The van der Waals surface area contributed by atoms with Gasteiger partial charge in [-0.3, -0.25) is 9.59 Å². The largest absolute Gasteiger partial charge is 0.464 e. The third kappa shape index (κ3) is 2.48. The molecule has 2 saturated carbocycles. The van der Waals surface area contributed by atoms with E-state index >= 15 is 0 Å². The zero-order valence-corrected chi connectivity index (χ0v) is 15.4. The van der Waals surface area contributed by atoms with Crippen molar-refractivity contribution in [1.82, 2.24) is 5.43 Å². The fourth-order valence-electron chi connectivity index (χ4n) is 4.50. The van der Waals surface area contributed by atoms with Crippen molar-refractivity contribution in [3.63, 3.8) is 0 Å². The average molecular weight is 383 g/mol. The van der Waals surface area contributed by atoms with Gasteiger partial charge in [0.1, 0.15) is 11.7 Å². The summed E-state index contributed by atoms with van der Waals surface area (Å²) in [6.07, 6.45) is -0.0690. The van der Waals surface area contributed by atoms with E-state index in [0.29, 0.717) is 12.8 Å². The SMILES string of the molecule is CC1(C)[C@@H]2CC[C@@]1(C)C(=O)C2C(=O)N(NC(=O)O)c1ccc(F)cc1Cl. The minimum atomic E-state index is -1.49. The Bertz CT molecular complexity index is 812. The van der Waals surface area contributed by atoms with Crippen molar-refractivity contribution in [1.29, 1.82) is 0 Å². The molecule has 2 bridgehead atoms. The van der Waals surface area contributed by atoms with Gasteiger partial charge in [0.25, 0.3) is 5.91 Å². The molecule has 2 aliphatic carbocycles. The van der Waals surface area contributed by atoms with Crippen molar-refractivity contribution in [2.24, 2.45) is 22.7 Å². The van der Waals surface area contributed by atoms with Gasteiger partial charge in [-0.15, -0.1) is 0 Å². The van der Waals surface area contributed by atoms with Crippen LogP contribution in [0.4, 0.5) is 14.9 Å². The Labute approximate surface area is 155 Å². The first-order valence-electron chi connectivity index (χ1n) is 8.33. The number of ketones is 1. The maximum absolute atomic E-state index is 13.3. The number of fused-ring (bicyclic) bond motifs is 2. The number of carboxylic acid groups (broad SMARTS) is 1. The number of benzene rings is 1. The summed E-state index contributed by atoms with van der Waals surface area (Å²) in [6.45, 7) is 5.80. The molecule has 3 atom stereocenters. The highest BCUT2D eigenvalue weighted by molar-refractivity contribution is 6.34. The monoisotopic (exact) mass is 382 g/mol. The van der Waals surface area contributed by atoms with Gasteiger partial charge < -0.3 is 5.11 Å². The first-order chi connectivity index (χ1) is 12.0. The van der Waals surface area contributed by atoms with Gasteiger partial charge in [0, 0.05) is 5.41 Å². The normalized spacial score (nSPS) is 28.9. The highest BCUT2D eigenvalue weighted by Crippen LogP contribution is 2.66. The molecule has 3 rings (SSSR count). The van der Waals surface area contributed by atoms with E-state index in [1.165, 1.54) is 6.07 Å². The minimum Gasteiger partial charge on any atom is -0.464 e. The Hall–Kier alpha value is -2.15. The number of Topliss-reactive ketones (excluding diaryl/α,β-unsaturated/α-hetero) is 1. The Balaban J connectivity index is 2.02.